The summed E-state index contributed by atoms with van der Waals surface area (Å²) in [5.41, 5.74) is 0. The van der Waals surface area contributed by atoms with Crippen LogP contribution in [0.25, 0.3) is 0 Å². The van der Waals surface area contributed by atoms with Gasteiger partial charge in [0.1, 0.15) is 0 Å². The fraction of sp³-hybridized carbons (Fsp3) is 0.500. The van der Waals surface area contributed by atoms with Crippen molar-refractivity contribution in [3.63, 3.8) is 0 Å². The van der Waals surface area contributed by atoms with Crippen LogP contribution in [0.2, 0.25) is 0 Å². The molecule has 0 aromatic carbocycles. The van der Waals surface area contributed by atoms with Crippen LogP contribution in [0, 0.1) is 6.92 Å². The first-order valence-electron chi connectivity index (χ1n) is 2.07. The van der Waals surface area contributed by atoms with Gasteiger partial charge < -0.3 is 4.42 Å². The summed E-state index contributed by atoms with van der Waals surface area (Å²) in [6, 6.07) is 0. The van der Waals surface area contributed by atoms with Crippen LogP contribution in [0.15, 0.2) is 10.8 Å². The van der Waals surface area contributed by atoms with E-state index < -0.39 is 0 Å². The molecular formula is C4H7N2O+. The summed E-state index contributed by atoms with van der Waals surface area (Å²) >= 11 is 0. The predicted molar refractivity (Wildman–Crippen MR) is 22.4 cm³/mol. The Morgan fingerprint density at radius 1 is 1.86 bits per heavy atom. The number of rotatable bonds is 0. The largest absolute Gasteiger partial charge is 0.388 e. The van der Waals surface area contributed by atoms with Gasteiger partial charge in [0.05, 0.1) is 0 Å². The smallest absolute Gasteiger partial charge is 0.361 e. The van der Waals surface area contributed by atoms with Crippen molar-refractivity contribution in [3.05, 3.63) is 12.3 Å². The first-order valence-corrected chi connectivity index (χ1v) is 2.07. The van der Waals surface area contributed by atoms with Crippen molar-refractivity contribution < 1.29 is 9.10 Å². The molecule has 0 N–H and O–H groups in total. The average molecular weight is 99.1 g/mol. The fourth-order valence-electron chi connectivity index (χ4n) is 0.422. The van der Waals surface area contributed by atoms with E-state index in [1.54, 1.807) is 18.0 Å². The molecule has 0 saturated heterocycles. The lowest BCUT2D eigenvalue weighted by atomic mass is 10.8. The molecule has 0 aliphatic rings. The summed E-state index contributed by atoms with van der Waals surface area (Å²) in [6.07, 6.45) is 1.55. The summed E-state index contributed by atoms with van der Waals surface area (Å²) in [7, 11) is 1.82. The van der Waals surface area contributed by atoms with Crippen LogP contribution < -0.4 is 4.68 Å². The second-order valence-electron chi connectivity index (χ2n) is 1.42. The Hall–Kier alpha value is -0.860. The Kier molecular flexibility index (Phi) is 0.817. The zero-order valence-electron chi connectivity index (χ0n) is 4.38. The van der Waals surface area contributed by atoms with Gasteiger partial charge in [0.2, 0.25) is 0 Å². The fourth-order valence-corrected chi connectivity index (χ4v) is 0.422. The van der Waals surface area contributed by atoms with Gasteiger partial charge in [-0.25, -0.2) is 0 Å². The molecule has 1 heterocycles. The second-order valence-corrected chi connectivity index (χ2v) is 1.42. The Morgan fingerprint density at radius 3 is 2.71 bits per heavy atom. The van der Waals surface area contributed by atoms with E-state index >= 15 is 0 Å². The van der Waals surface area contributed by atoms with Crippen molar-refractivity contribution >= 4 is 0 Å². The molecule has 0 unspecified atom stereocenters. The van der Waals surface area contributed by atoms with E-state index in [1.807, 2.05) is 7.05 Å². The molecule has 1 rings (SSSR count). The van der Waals surface area contributed by atoms with E-state index in [1.165, 1.54) is 0 Å². The van der Waals surface area contributed by atoms with Crippen molar-refractivity contribution in [2.75, 3.05) is 0 Å². The highest BCUT2D eigenvalue weighted by atomic mass is 16.4. The summed E-state index contributed by atoms with van der Waals surface area (Å²) in [6.45, 7) is 1.81. The van der Waals surface area contributed by atoms with E-state index in [4.69, 9.17) is 4.42 Å². The van der Waals surface area contributed by atoms with Gasteiger partial charge in [0, 0.05) is 12.0 Å². The molecule has 1 aromatic rings. The Balaban J connectivity index is 3.04. The molecule has 0 spiro atoms. The van der Waals surface area contributed by atoms with Crippen LogP contribution in [0.3, 0.4) is 0 Å². The van der Waals surface area contributed by atoms with Crippen molar-refractivity contribution in [2.24, 2.45) is 7.05 Å². The summed E-state index contributed by atoms with van der Waals surface area (Å²) < 4.78 is 6.44. The maximum absolute atomic E-state index is 4.82. The lowest BCUT2D eigenvalue weighted by molar-refractivity contribution is -0.731. The minimum Gasteiger partial charge on any atom is -0.388 e. The Labute approximate surface area is 41.6 Å². The molecule has 0 bridgehead atoms. The van der Waals surface area contributed by atoms with Gasteiger partial charge >= 0.3 is 6.39 Å². The topological polar surface area (TPSA) is 29.9 Å². The quantitative estimate of drug-likeness (QED) is 0.422. The normalized spacial score (nSPS) is 9.43. The van der Waals surface area contributed by atoms with Crippen LogP contribution in [0.4, 0.5) is 0 Å². The van der Waals surface area contributed by atoms with Gasteiger partial charge in [0.15, 0.2) is 7.05 Å². The lowest BCUT2D eigenvalue weighted by Gasteiger charge is -1.60. The third kappa shape index (κ3) is 0.765. The molecule has 7 heavy (non-hydrogen) atoms. The minimum atomic E-state index is 0.697. The highest BCUT2D eigenvalue weighted by Crippen LogP contribution is 1.80. The van der Waals surface area contributed by atoms with Crippen molar-refractivity contribution in [1.82, 2.24) is 5.10 Å². The van der Waals surface area contributed by atoms with Gasteiger partial charge in [0.25, 0.3) is 5.89 Å². The van der Waals surface area contributed by atoms with Crippen molar-refractivity contribution in [3.8, 4) is 0 Å². The Bertz CT molecular complexity index is 142. The minimum absolute atomic E-state index is 0.697. The van der Waals surface area contributed by atoms with E-state index in [0.29, 0.717) is 5.89 Å². The number of hydrogen-bond donors (Lipinski definition) is 0. The number of hydrogen-bond acceptors (Lipinski definition) is 2. The molecular weight excluding hydrogens is 92.1 g/mol. The lowest BCUT2D eigenvalue weighted by Crippen LogP contribution is -2.28. The standard InChI is InChI=1S/C4H7N2O/c1-4-5-6(2)3-7-4/h3H,1-2H3/q+1. The van der Waals surface area contributed by atoms with Crippen LogP contribution in [0.5, 0.6) is 0 Å². The molecule has 0 saturated carbocycles. The molecule has 3 nitrogen and oxygen atoms in total. The van der Waals surface area contributed by atoms with E-state index in [9.17, 15) is 0 Å². The molecule has 0 radical (unpaired) electrons. The molecule has 0 fully saturated rings. The molecule has 0 aliphatic heterocycles. The SMILES string of the molecule is Cc1n[n+](C)co1. The average Bonchev–Trinajstić information content (AvgIpc) is 1.87. The molecule has 3 heteroatoms. The molecule has 38 valence electrons. The summed E-state index contributed by atoms with van der Waals surface area (Å²) in [5.74, 6) is 0.697. The second kappa shape index (κ2) is 1.33. The summed E-state index contributed by atoms with van der Waals surface area (Å²) in [5, 5.41) is 3.86. The zero-order chi connectivity index (χ0) is 5.28. The van der Waals surface area contributed by atoms with Gasteiger partial charge in [-0.3, -0.25) is 0 Å². The molecule has 1 aromatic heterocycles. The van der Waals surface area contributed by atoms with E-state index in [2.05, 4.69) is 5.10 Å². The highest BCUT2D eigenvalue weighted by molar-refractivity contribution is 4.56. The summed E-state index contributed by atoms with van der Waals surface area (Å²) in [4.78, 5) is 0. The van der Waals surface area contributed by atoms with Crippen LogP contribution in [-0.2, 0) is 7.05 Å². The maximum Gasteiger partial charge on any atom is 0.361 e. The highest BCUT2D eigenvalue weighted by Gasteiger charge is 1.95. The molecule has 0 aliphatic carbocycles. The number of nitrogens with zero attached hydrogens (tertiary/aromatic N) is 2. The maximum atomic E-state index is 4.82. The first kappa shape index (κ1) is 4.30. The first-order chi connectivity index (χ1) is 3.29. The predicted octanol–water partition coefficient (Wildman–Crippen LogP) is -0.192. The van der Waals surface area contributed by atoms with E-state index in [-0.39, 0.29) is 0 Å². The van der Waals surface area contributed by atoms with Gasteiger partial charge in [-0.1, -0.05) is 4.68 Å². The van der Waals surface area contributed by atoms with Gasteiger partial charge in [-0.15, -0.1) is 0 Å². The molecule has 0 atom stereocenters. The van der Waals surface area contributed by atoms with Crippen LogP contribution >= 0.6 is 0 Å². The number of aromatic nitrogens is 2. The van der Waals surface area contributed by atoms with Crippen LogP contribution in [0.1, 0.15) is 5.89 Å². The van der Waals surface area contributed by atoms with Crippen molar-refractivity contribution in [1.29, 1.82) is 0 Å². The van der Waals surface area contributed by atoms with Crippen molar-refractivity contribution in [2.45, 2.75) is 6.92 Å². The monoisotopic (exact) mass is 99.1 g/mol. The number of aryl methyl sites for hydroxylation is 2. The van der Waals surface area contributed by atoms with Gasteiger partial charge in [-0.05, 0) is 0 Å². The molecule has 0 amide bonds. The third-order valence-electron chi connectivity index (χ3n) is 0.674. The Morgan fingerprint density at radius 2 is 2.57 bits per heavy atom. The van der Waals surface area contributed by atoms with Gasteiger partial charge in [-0.2, -0.15) is 0 Å². The third-order valence-corrected chi connectivity index (χ3v) is 0.674. The van der Waals surface area contributed by atoms with E-state index in [0.717, 1.165) is 0 Å². The van der Waals surface area contributed by atoms with Crippen LogP contribution in [-0.4, -0.2) is 5.10 Å². The zero-order valence-corrected chi connectivity index (χ0v) is 4.38.